The van der Waals surface area contributed by atoms with Crippen molar-refractivity contribution in [3.63, 3.8) is 0 Å². The number of fused-ring (bicyclic) bond motifs is 1. The zero-order valence-electron chi connectivity index (χ0n) is 11.3. The second-order valence-electron chi connectivity index (χ2n) is 4.61. The standard InChI is InChI=1S/C13H17N7/c1-2-6-20-12(9-15-18-20)13(17-14)10-8-16-19-7-4-3-5-11(10)19/h3-5,7-9,13,17H,2,6,14H2,1H3. The van der Waals surface area contributed by atoms with Crippen LogP contribution < -0.4 is 11.3 Å². The topological polar surface area (TPSA) is 86.1 Å². The first-order valence-corrected chi connectivity index (χ1v) is 6.62. The van der Waals surface area contributed by atoms with Crippen molar-refractivity contribution < 1.29 is 0 Å². The Kier molecular flexibility index (Phi) is 3.44. The highest BCUT2D eigenvalue weighted by atomic mass is 15.4. The lowest BCUT2D eigenvalue weighted by atomic mass is 10.1. The van der Waals surface area contributed by atoms with Gasteiger partial charge in [-0.3, -0.25) is 5.84 Å². The zero-order chi connectivity index (χ0) is 13.9. The summed E-state index contributed by atoms with van der Waals surface area (Å²) in [7, 11) is 0. The lowest BCUT2D eigenvalue weighted by Gasteiger charge is -2.15. The normalized spacial score (nSPS) is 12.9. The van der Waals surface area contributed by atoms with Gasteiger partial charge in [0.2, 0.25) is 0 Å². The minimum absolute atomic E-state index is 0.184. The number of hydrazine groups is 1. The highest BCUT2D eigenvalue weighted by Crippen LogP contribution is 2.24. The van der Waals surface area contributed by atoms with Crippen molar-refractivity contribution >= 4 is 5.52 Å². The molecular formula is C13H17N7. The van der Waals surface area contributed by atoms with Gasteiger partial charge in [0.05, 0.1) is 29.6 Å². The third-order valence-corrected chi connectivity index (χ3v) is 3.31. The number of hydrogen-bond acceptors (Lipinski definition) is 5. The molecule has 1 unspecified atom stereocenters. The Labute approximate surface area is 116 Å². The van der Waals surface area contributed by atoms with Crippen LogP contribution in [-0.2, 0) is 6.54 Å². The molecule has 3 aromatic heterocycles. The maximum atomic E-state index is 5.76. The Morgan fingerprint density at radius 3 is 3.05 bits per heavy atom. The summed E-state index contributed by atoms with van der Waals surface area (Å²) < 4.78 is 3.70. The Morgan fingerprint density at radius 2 is 2.25 bits per heavy atom. The molecule has 0 amide bonds. The summed E-state index contributed by atoms with van der Waals surface area (Å²) in [5.74, 6) is 5.76. The van der Waals surface area contributed by atoms with Crippen LogP contribution in [0.2, 0.25) is 0 Å². The molecule has 0 aromatic carbocycles. The third kappa shape index (κ3) is 2.06. The number of nitrogens with one attached hydrogen (secondary N) is 1. The fourth-order valence-corrected chi connectivity index (χ4v) is 2.39. The fraction of sp³-hybridized carbons (Fsp3) is 0.308. The fourth-order valence-electron chi connectivity index (χ4n) is 2.39. The molecule has 0 aliphatic heterocycles. The Balaban J connectivity index is 2.07. The van der Waals surface area contributed by atoms with Crippen LogP contribution in [0.15, 0.2) is 36.8 Å². The summed E-state index contributed by atoms with van der Waals surface area (Å²) in [5.41, 5.74) is 5.80. The van der Waals surface area contributed by atoms with Gasteiger partial charge in [-0.1, -0.05) is 18.2 Å². The predicted octanol–water partition coefficient (Wildman–Crippen LogP) is 0.889. The molecule has 0 saturated carbocycles. The van der Waals surface area contributed by atoms with Gasteiger partial charge in [-0.15, -0.1) is 5.10 Å². The van der Waals surface area contributed by atoms with E-state index in [0.29, 0.717) is 0 Å². The molecule has 0 aliphatic carbocycles. The van der Waals surface area contributed by atoms with Crippen molar-refractivity contribution in [2.24, 2.45) is 5.84 Å². The van der Waals surface area contributed by atoms with Crippen LogP contribution in [-0.4, -0.2) is 24.6 Å². The molecule has 3 aromatic rings. The quantitative estimate of drug-likeness (QED) is 0.531. The second-order valence-corrected chi connectivity index (χ2v) is 4.61. The van der Waals surface area contributed by atoms with E-state index in [-0.39, 0.29) is 6.04 Å². The molecule has 3 N–H and O–H groups in total. The summed E-state index contributed by atoms with van der Waals surface area (Å²) >= 11 is 0. The number of pyridine rings is 1. The summed E-state index contributed by atoms with van der Waals surface area (Å²) in [5, 5.41) is 12.4. The first-order valence-electron chi connectivity index (χ1n) is 6.62. The molecule has 0 saturated heterocycles. The molecule has 0 fully saturated rings. The van der Waals surface area contributed by atoms with Gasteiger partial charge in [0, 0.05) is 18.3 Å². The van der Waals surface area contributed by atoms with Crippen molar-refractivity contribution in [3.05, 3.63) is 48.0 Å². The van der Waals surface area contributed by atoms with Crippen LogP contribution in [0.4, 0.5) is 0 Å². The minimum Gasteiger partial charge on any atom is -0.271 e. The smallest absolute Gasteiger partial charge is 0.0931 e. The molecule has 7 nitrogen and oxygen atoms in total. The van der Waals surface area contributed by atoms with Gasteiger partial charge in [0.1, 0.15) is 0 Å². The number of nitrogens with zero attached hydrogens (tertiary/aromatic N) is 5. The van der Waals surface area contributed by atoms with Crippen molar-refractivity contribution in [1.29, 1.82) is 0 Å². The molecule has 0 spiro atoms. The average Bonchev–Trinajstić information content (AvgIpc) is 3.09. The van der Waals surface area contributed by atoms with E-state index in [1.54, 1.807) is 6.20 Å². The molecule has 0 bridgehead atoms. The van der Waals surface area contributed by atoms with Gasteiger partial charge in [0.15, 0.2) is 0 Å². The molecule has 3 rings (SSSR count). The summed E-state index contributed by atoms with van der Waals surface area (Å²) in [4.78, 5) is 0. The van der Waals surface area contributed by atoms with Crippen molar-refractivity contribution in [1.82, 2.24) is 30.0 Å². The van der Waals surface area contributed by atoms with Crippen molar-refractivity contribution in [3.8, 4) is 0 Å². The van der Waals surface area contributed by atoms with Crippen LogP contribution in [0.3, 0.4) is 0 Å². The SMILES string of the molecule is CCCn1nncc1C(NN)c1cnn2ccccc12. The van der Waals surface area contributed by atoms with E-state index < -0.39 is 0 Å². The summed E-state index contributed by atoms with van der Waals surface area (Å²) in [6.45, 7) is 2.92. The largest absolute Gasteiger partial charge is 0.271 e. The Bertz CT molecular complexity index is 699. The molecular weight excluding hydrogens is 254 g/mol. The van der Waals surface area contributed by atoms with E-state index in [1.165, 1.54) is 0 Å². The van der Waals surface area contributed by atoms with Gasteiger partial charge in [-0.25, -0.2) is 14.6 Å². The maximum Gasteiger partial charge on any atom is 0.0931 e. The van der Waals surface area contributed by atoms with E-state index in [4.69, 9.17) is 5.84 Å². The van der Waals surface area contributed by atoms with Crippen LogP contribution in [0, 0.1) is 0 Å². The van der Waals surface area contributed by atoms with Gasteiger partial charge >= 0.3 is 0 Å². The van der Waals surface area contributed by atoms with E-state index in [1.807, 2.05) is 39.8 Å². The highest BCUT2D eigenvalue weighted by Gasteiger charge is 2.21. The molecule has 104 valence electrons. The second kappa shape index (κ2) is 5.40. The Morgan fingerprint density at radius 1 is 1.35 bits per heavy atom. The van der Waals surface area contributed by atoms with Crippen LogP contribution >= 0.6 is 0 Å². The Hall–Kier alpha value is -2.25. The van der Waals surface area contributed by atoms with Crippen LogP contribution in [0.5, 0.6) is 0 Å². The van der Waals surface area contributed by atoms with Gasteiger partial charge in [-0.2, -0.15) is 5.10 Å². The van der Waals surface area contributed by atoms with E-state index in [0.717, 1.165) is 29.7 Å². The first-order chi connectivity index (χ1) is 9.85. The lowest BCUT2D eigenvalue weighted by molar-refractivity contribution is 0.513. The number of aromatic nitrogens is 5. The van der Waals surface area contributed by atoms with Crippen LogP contribution in [0.25, 0.3) is 5.52 Å². The monoisotopic (exact) mass is 271 g/mol. The molecule has 20 heavy (non-hydrogen) atoms. The molecule has 0 aliphatic rings. The molecule has 3 heterocycles. The molecule has 0 radical (unpaired) electrons. The lowest BCUT2D eigenvalue weighted by Crippen LogP contribution is -2.30. The number of rotatable bonds is 5. The van der Waals surface area contributed by atoms with Crippen molar-refractivity contribution in [2.45, 2.75) is 25.9 Å². The van der Waals surface area contributed by atoms with Gasteiger partial charge in [0.25, 0.3) is 0 Å². The summed E-state index contributed by atoms with van der Waals surface area (Å²) in [6, 6.07) is 5.75. The summed E-state index contributed by atoms with van der Waals surface area (Å²) in [6.07, 6.45) is 6.46. The van der Waals surface area contributed by atoms with E-state index in [2.05, 4.69) is 27.8 Å². The third-order valence-electron chi connectivity index (χ3n) is 3.31. The predicted molar refractivity (Wildman–Crippen MR) is 74.7 cm³/mol. The molecule has 7 heteroatoms. The number of nitrogens with two attached hydrogens (primary N) is 1. The van der Waals surface area contributed by atoms with E-state index >= 15 is 0 Å². The number of aryl methyl sites for hydroxylation is 1. The van der Waals surface area contributed by atoms with Crippen LogP contribution in [0.1, 0.15) is 30.6 Å². The van der Waals surface area contributed by atoms with E-state index in [9.17, 15) is 0 Å². The first kappa shape index (κ1) is 12.8. The highest BCUT2D eigenvalue weighted by molar-refractivity contribution is 5.56. The van der Waals surface area contributed by atoms with Gasteiger partial charge < -0.3 is 0 Å². The number of hydrogen-bond donors (Lipinski definition) is 2. The minimum atomic E-state index is -0.184. The van der Waals surface area contributed by atoms with Gasteiger partial charge in [-0.05, 0) is 18.6 Å². The average molecular weight is 271 g/mol. The zero-order valence-corrected chi connectivity index (χ0v) is 11.3. The maximum absolute atomic E-state index is 5.76. The molecule has 1 atom stereocenters. The van der Waals surface area contributed by atoms with Crippen molar-refractivity contribution in [2.75, 3.05) is 0 Å².